The number of halogens is 1. The number of piperidine rings is 1. The first-order valence-corrected chi connectivity index (χ1v) is 10.5. The van der Waals surface area contributed by atoms with Crippen LogP contribution in [0.2, 0.25) is 0 Å². The summed E-state index contributed by atoms with van der Waals surface area (Å²) in [6.45, 7) is 11.2. The zero-order chi connectivity index (χ0) is 19.6. The lowest BCUT2D eigenvalue weighted by Crippen LogP contribution is -2.43. The summed E-state index contributed by atoms with van der Waals surface area (Å²) in [5.74, 6) is 1.71. The van der Waals surface area contributed by atoms with Crippen LogP contribution in [0.25, 0.3) is 0 Å². The first-order chi connectivity index (χ1) is 13.7. The van der Waals surface area contributed by atoms with E-state index >= 15 is 0 Å². The third-order valence-corrected chi connectivity index (χ3v) is 5.22. The van der Waals surface area contributed by atoms with Crippen LogP contribution in [0.3, 0.4) is 0 Å². The molecule has 0 amide bonds. The minimum absolute atomic E-state index is 0. The zero-order valence-corrected chi connectivity index (χ0v) is 20.0. The molecule has 0 saturated carbocycles. The lowest BCUT2D eigenvalue weighted by molar-refractivity contribution is 0.187. The summed E-state index contributed by atoms with van der Waals surface area (Å²) < 4.78 is 1.95. The number of guanidine groups is 1. The summed E-state index contributed by atoms with van der Waals surface area (Å²) >= 11 is 0. The number of benzene rings is 1. The van der Waals surface area contributed by atoms with Gasteiger partial charge in [0.2, 0.25) is 0 Å². The first-order valence-electron chi connectivity index (χ1n) is 10.5. The summed E-state index contributed by atoms with van der Waals surface area (Å²) in [5, 5.41) is 11.2. The van der Waals surface area contributed by atoms with Crippen LogP contribution >= 0.6 is 24.0 Å². The van der Waals surface area contributed by atoms with Gasteiger partial charge >= 0.3 is 0 Å². The second-order valence-electron chi connectivity index (χ2n) is 7.64. The van der Waals surface area contributed by atoms with Crippen molar-refractivity contribution < 1.29 is 0 Å². The summed E-state index contributed by atoms with van der Waals surface area (Å²) in [7, 11) is 0. The molecule has 2 aromatic rings. The number of likely N-dealkylation sites (tertiary alicyclic amines) is 1. The van der Waals surface area contributed by atoms with Gasteiger partial charge in [0.25, 0.3) is 0 Å². The van der Waals surface area contributed by atoms with Crippen LogP contribution < -0.4 is 10.6 Å². The highest BCUT2D eigenvalue weighted by molar-refractivity contribution is 14.0. The maximum absolute atomic E-state index is 4.82. The summed E-state index contributed by atoms with van der Waals surface area (Å²) in [6.07, 6.45) is 6.50. The van der Waals surface area contributed by atoms with Gasteiger partial charge in [-0.15, -0.1) is 24.0 Å². The number of nitrogens with one attached hydrogen (secondary N) is 2. The van der Waals surface area contributed by atoms with Gasteiger partial charge in [-0.2, -0.15) is 5.10 Å². The molecule has 1 aliphatic heterocycles. The maximum atomic E-state index is 4.82. The molecule has 3 rings (SSSR count). The van der Waals surface area contributed by atoms with E-state index in [0.717, 1.165) is 38.1 Å². The van der Waals surface area contributed by atoms with E-state index in [-0.39, 0.29) is 24.0 Å². The fraction of sp³-hybridized carbons (Fsp3) is 0.545. The highest BCUT2D eigenvalue weighted by Crippen LogP contribution is 2.14. The predicted octanol–water partition coefficient (Wildman–Crippen LogP) is 3.34. The average Bonchev–Trinajstić information content (AvgIpc) is 3.20. The average molecular weight is 510 g/mol. The molecule has 1 saturated heterocycles. The molecule has 29 heavy (non-hydrogen) atoms. The van der Waals surface area contributed by atoms with Gasteiger partial charge in [0.15, 0.2) is 5.96 Å². The van der Waals surface area contributed by atoms with Gasteiger partial charge in [-0.05, 0) is 49.4 Å². The van der Waals surface area contributed by atoms with Crippen LogP contribution in [0, 0.1) is 5.92 Å². The van der Waals surface area contributed by atoms with Gasteiger partial charge in [0.05, 0.1) is 13.1 Å². The van der Waals surface area contributed by atoms with Gasteiger partial charge in [0, 0.05) is 38.6 Å². The molecule has 0 bridgehead atoms. The quantitative estimate of drug-likeness (QED) is 0.325. The van der Waals surface area contributed by atoms with E-state index in [1.807, 2.05) is 23.1 Å². The topological polar surface area (TPSA) is 57.5 Å². The minimum Gasteiger partial charge on any atom is -0.357 e. The van der Waals surface area contributed by atoms with Crippen molar-refractivity contribution in [1.29, 1.82) is 0 Å². The maximum Gasteiger partial charge on any atom is 0.191 e. The van der Waals surface area contributed by atoms with Crippen LogP contribution in [0.15, 0.2) is 47.7 Å². The molecule has 1 atom stereocenters. The number of rotatable bonds is 8. The Kier molecular flexibility index (Phi) is 10.5. The summed E-state index contributed by atoms with van der Waals surface area (Å²) in [5.41, 5.74) is 2.49. The van der Waals surface area contributed by atoms with Crippen molar-refractivity contribution in [3.8, 4) is 0 Å². The van der Waals surface area contributed by atoms with Crippen molar-refractivity contribution >= 4 is 29.9 Å². The number of aliphatic imine (C=N–C) groups is 1. The molecule has 6 nitrogen and oxygen atoms in total. The van der Waals surface area contributed by atoms with E-state index < -0.39 is 0 Å². The van der Waals surface area contributed by atoms with Crippen LogP contribution in [-0.2, 0) is 13.1 Å². The van der Waals surface area contributed by atoms with Crippen LogP contribution in [0.5, 0.6) is 0 Å². The zero-order valence-electron chi connectivity index (χ0n) is 17.7. The second-order valence-corrected chi connectivity index (χ2v) is 7.64. The van der Waals surface area contributed by atoms with Crippen LogP contribution in [-0.4, -0.2) is 53.4 Å². The normalized spacial score (nSPS) is 17.6. The van der Waals surface area contributed by atoms with Gasteiger partial charge in [-0.1, -0.05) is 31.2 Å². The number of aromatic nitrogens is 2. The van der Waals surface area contributed by atoms with E-state index in [9.17, 15) is 0 Å². The molecule has 1 unspecified atom stereocenters. The van der Waals surface area contributed by atoms with Crippen molar-refractivity contribution in [3.05, 3.63) is 53.9 Å². The third kappa shape index (κ3) is 7.97. The molecular weight excluding hydrogens is 475 g/mol. The third-order valence-electron chi connectivity index (χ3n) is 5.22. The Morgan fingerprint density at radius 3 is 2.76 bits per heavy atom. The van der Waals surface area contributed by atoms with Crippen molar-refractivity contribution in [3.63, 3.8) is 0 Å². The van der Waals surface area contributed by atoms with Crippen molar-refractivity contribution in [2.75, 3.05) is 32.7 Å². The Balaban J connectivity index is 0.00000300. The molecule has 1 aliphatic rings. The lowest BCUT2D eigenvalue weighted by Gasteiger charge is -2.30. The molecule has 0 radical (unpaired) electrons. The van der Waals surface area contributed by atoms with Gasteiger partial charge < -0.3 is 15.5 Å². The molecule has 2 heterocycles. The number of nitrogens with zero attached hydrogens (tertiary/aromatic N) is 4. The molecule has 2 N–H and O–H groups in total. The van der Waals surface area contributed by atoms with E-state index in [1.54, 1.807) is 0 Å². The lowest BCUT2D eigenvalue weighted by atomic mass is 10.0. The predicted molar refractivity (Wildman–Crippen MR) is 131 cm³/mol. The Hall–Kier alpha value is -1.61. The Morgan fingerprint density at radius 1 is 1.21 bits per heavy atom. The Bertz CT molecular complexity index is 731. The number of hydrogen-bond donors (Lipinski definition) is 2. The molecule has 0 aliphatic carbocycles. The minimum atomic E-state index is 0. The summed E-state index contributed by atoms with van der Waals surface area (Å²) in [4.78, 5) is 7.38. The summed E-state index contributed by atoms with van der Waals surface area (Å²) in [6, 6.07) is 10.4. The molecule has 0 spiro atoms. The van der Waals surface area contributed by atoms with Gasteiger partial charge in [-0.3, -0.25) is 4.68 Å². The van der Waals surface area contributed by atoms with Crippen molar-refractivity contribution in [2.45, 2.75) is 39.8 Å². The number of hydrogen-bond acceptors (Lipinski definition) is 3. The van der Waals surface area contributed by atoms with Crippen molar-refractivity contribution in [2.24, 2.45) is 10.9 Å². The molecule has 1 aromatic carbocycles. The smallest absolute Gasteiger partial charge is 0.191 e. The standard InChI is InChI=1S/C22H34N6.HI/c1-3-23-22(24-12-15-27-13-6-8-19(2)17-27)25-16-20-9-4-5-10-21(20)18-28-14-7-11-26-28;/h4-5,7,9-11,14,19H,3,6,8,12-13,15-18H2,1-2H3,(H2,23,24,25);1H. The van der Waals surface area contributed by atoms with Crippen molar-refractivity contribution in [1.82, 2.24) is 25.3 Å². The van der Waals surface area contributed by atoms with Gasteiger partial charge in [-0.25, -0.2) is 4.99 Å². The van der Waals surface area contributed by atoms with E-state index in [0.29, 0.717) is 6.54 Å². The SMILES string of the molecule is CCNC(=NCc1ccccc1Cn1cccn1)NCCN1CCCC(C)C1.I. The van der Waals surface area contributed by atoms with Crippen LogP contribution in [0.1, 0.15) is 37.8 Å². The Morgan fingerprint density at radius 2 is 2.03 bits per heavy atom. The highest BCUT2D eigenvalue weighted by Gasteiger charge is 2.15. The second kappa shape index (κ2) is 12.8. The fourth-order valence-electron chi connectivity index (χ4n) is 3.76. The Labute approximate surface area is 192 Å². The molecule has 1 fully saturated rings. The molecular formula is C22H35IN6. The van der Waals surface area contributed by atoms with E-state index in [2.05, 4.69) is 58.7 Å². The monoisotopic (exact) mass is 510 g/mol. The largest absolute Gasteiger partial charge is 0.357 e. The van der Waals surface area contributed by atoms with Gasteiger partial charge in [0.1, 0.15) is 0 Å². The highest BCUT2D eigenvalue weighted by atomic mass is 127. The molecule has 160 valence electrons. The first kappa shape index (κ1) is 23.7. The molecule has 7 heteroatoms. The van der Waals surface area contributed by atoms with E-state index in [4.69, 9.17) is 4.99 Å². The molecule has 1 aromatic heterocycles. The fourth-order valence-corrected chi connectivity index (χ4v) is 3.76. The van der Waals surface area contributed by atoms with E-state index in [1.165, 1.54) is 37.1 Å². The van der Waals surface area contributed by atoms with Crippen LogP contribution in [0.4, 0.5) is 0 Å².